The van der Waals surface area contributed by atoms with Crippen LogP contribution in [0.2, 0.25) is 0 Å². The molecule has 1 saturated heterocycles. The average molecular weight is 363 g/mol. The Hall–Kier alpha value is -0.980. The summed E-state index contributed by atoms with van der Waals surface area (Å²) in [5.74, 6) is 2.28. The van der Waals surface area contributed by atoms with Gasteiger partial charge in [-0.25, -0.2) is 4.39 Å². The molecule has 0 saturated carbocycles. The van der Waals surface area contributed by atoms with E-state index in [9.17, 15) is 9.18 Å². The fourth-order valence-corrected chi connectivity index (χ4v) is 3.23. The van der Waals surface area contributed by atoms with Gasteiger partial charge >= 0.3 is 0 Å². The number of ether oxygens (including phenoxy) is 1. The molecule has 1 fully saturated rings. The summed E-state index contributed by atoms with van der Waals surface area (Å²) in [5.41, 5.74) is 0. The fourth-order valence-electron chi connectivity index (χ4n) is 2.28. The zero-order valence-corrected chi connectivity index (χ0v) is 14.9. The molecule has 0 spiro atoms. The Morgan fingerprint density at radius 3 is 3.04 bits per heavy atom. The number of rotatable bonds is 7. The minimum atomic E-state index is -0.322. The number of carbonyl (C=O) groups is 1. The first-order valence-electron chi connectivity index (χ1n) is 7.67. The highest BCUT2D eigenvalue weighted by Gasteiger charge is 2.17. The van der Waals surface area contributed by atoms with Crippen molar-refractivity contribution in [3.63, 3.8) is 0 Å². The number of hydrogen-bond donors (Lipinski definition) is 2. The molecule has 23 heavy (non-hydrogen) atoms. The summed E-state index contributed by atoms with van der Waals surface area (Å²) >= 11 is 1.87. The van der Waals surface area contributed by atoms with Crippen molar-refractivity contribution in [3.05, 3.63) is 30.1 Å². The van der Waals surface area contributed by atoms with Crippen LogP contribution in [-0.2, 0) is 4.79 Å². The van der Waals surface area contributed by atoms with Crippen LogP contribution < -0.4 is 15.4 Å². The van der Waals surface area contributed by atoms with Crippen LogP contribution in [0.1, 0.15) is 19.8 Å². The molecule has 1 heterocycles. The van der Waals surface area contributed by atoms with E-state index < -0.39 is 0 Å². The van der Waals surface area contributed by atoms with E-state index in [1.165, 1.54) is 12.1 Å². The van der Waals surface area contributed by atoms with Crippen molar-refractivity contribution in [1.29, 1.82) is 0 Å². The molecule has 1 aliphatic heterocycles. The Morgan fingerprint density at radius 2 is 2.39 bits per heavy atom. The predicted octanol–water partition coefficient (Wildman–Crippen LogP) is 2.62. The van der Waals surface area contributed by atoms with Gasteiger partial charge in [-0.1, -0.05) is 13.0 Å². The summed E-state index contributed by atoms with van der Waals surface area (Å²) in [7, 11) is 0. The van der Waals surface area contributed by atoms with Gasteiger partial charge in [-0.05, 0) is 18.6 Å². The zero-order chi connectivity index (χ0) is 15.8. The van der Waals surface area contributed by atoms with E-state index in [2.05, 4.69) is 10.6 Å². The molecule has 0 radical (unpaired) electrons. The van der Waals surface area contributed by atoms with E-state index in [0.717, 1.165) is 24.5 Å². The molecule has 1 amide bonds. The molecule has 2 N–H and O–H groups in total. The molecule has 1 aliphatic rings. The van der Waals surface area contributed by atoms with Crippen LogP contribution in [0.15, 0.2) is 24.3 Å². The van der Waals surface area contributed by atoms with Gasteiger partial charge in [0.2, 0.25) is 5.91 Å². The molecule has 2 unspecified atom stereocenters. The van der Waals surface area contributed by atoms with Crippen LogP contribution in [0.4, 0.5) is 4.39 Å². The molecule has 2 rings (SSSR count). The Labute approximate surface area is 147 Å². The Morgan fingerprint density at radius 1 is 1.57 bits per heavy atom. The van der Waals surface area contributed by atoms with Gasteiger partial charge in [-0.2, -0.15) is 11.8 Å². The van der Waals surface area contributed by atoms with E-state index in [-0.39, 0.29) is 36.3 Å². The van der Waals surface area contributed by atoms with Crippen molar-refractivity contribution in [2.45, 2.75) is 31.9 Å². The third kappa shape index (κ3) is 7.42. The fraction of sp³-hybridized carbons (Fsp3) is 0.562. The molecule has 4 nitrogen and oxygen atoms in total. The minimum Gasteiger partial charge on any atom is -0.489 e. The van der Waals surface area contributed by atoms with Gasteiger partial charge in [0, 0.05) is 36.6 Å². The first-order valence-corrected chi connectivity index (χ1v) is 8.83. The summed E-state index contributed by atoms with van der Waals surface area (Å²) in [5, 5.41) is 6.25. The second kappa shape index (κ2) is 10.7. The lowest BCUT2D eigenvalue weighted by Gasteiger charge is -2.23. The Kier molecular flexibility index (Phi) is 9.36. The maximum Gasteiger partial charge on any atom is 0.221 e. The van der Waals surface area contributed by atoms with Crippen LogP contribution in [0.25, 0.3) is 0 Å². The maximum atomic E-state index is 13.1. The predicted molar refractivity (Wildman–Crippen MR) is 95.1 cm³/mol. The second-order valence-electron chi connectivity index (χ2n) is 5.34. The van der Waals surface area contributed by atoms with Crippen LogP contribution in [-0.4, -0.2) is 42.6 Å². The van der Waals surface area contributed by atoms with Crippen molar-refractivity contribution >= 4 is 30.1 Å². The van der Waals surface area contributed by atoms with Crippen LogP contribution in [0.5, 0.6) is 5.75 Å². The molecule has 0 bridgehead atoms. The van der Waals surface area contributed by atoms with Crippen LogP contribution >= 0.6 is 24.2 Å². The second-order valence-corrected chi connectivity index (χ2v) is 6.49. The highest BCUT2D eigenvalue weighted by molar-refractivity contribution is 7.99. The summed E-state index contributed by atoms with van der Waals surface area (Å²) in [6, 6.07) is 6.32. The molecule has 0 aliphatic carbocycles. The number of carbonyl (C=O) groups excluding carboxylic acids is 1. The topological polar surface area (TPSA) is 50.4 Å². The smallest absolute Gasteiger partial charge is 0.221 e. The number of nitrogens with one attached hydrogen (secondary N) is 2. The first-order chi connectivity index (χ1) is 10.7. The lowest BCUT2D eigenvalue weighted by Crippen LogP contribution is -2.43. The standard InChI is InChI=1S/C16H23FN2O2S.ClH/c1-2-14(21-15-5-3-4-12(17)8-15)10-19-16(20)9-13-11-22-7-6-18-13;/h3-5,8,13-14,18H,2,6-7,9-11H2,1H3,(H,19,20);1H. The van der Waals surface area contributed by atoms with E-state index in [1.54, 1.807) is 12.1 Å². The molecule has 2 atom stereocenters. The number of amides is 1. The summed E-state index contributed by atoms with van der Waals surface area (Å²) in [6.07, 6.45) is 1.08. The van der Waals surface area contributed by atoms with Gasteiger partial charge in [0.05, 0.1) is 6.54 Å². The molecular formula is C16H24ClFN2O2S. The SMILES string of the molecule is CCC(CNC(=O)CC1CSCCN1)Oc1cccc(F)c1.Cl. The number of thioether (sulfide) groups is 1. The highest BCUT2D eigenvalue weighted by atomic mass is 35.5. The summed E-state index contributed by atoms with van der Waals surface area (Å²) < 4.78 is 18.8. The van der Waals surface area contributed by atoms with Crippen molar-refractivity contribution in [3.8, 4) is 5.75 Å². The zero-order valence-electron chi connectivity index (χ0n) is 13.2. The van der Waals surface area contributed by atoms with Crippen molar-refractivity contribution < 1.29 is 13.9 Å². The summed E-state index contributed by atoms with van der Waals surface area (Å²) in [4.78, 5) is 12.0. The van der Waals surface area contributed by atoms with Crippen molar-refractivity contribution in [2.75, 3.05) is 24.6 Å². The monoisotopic (exact) mass is 362 g/mol. The van der Waals surface area contributed by atoms with Crippen LogP contribution in [0, 0.1) is 5.82 Å². The largest absolute Gasteiger partial charge is 0.489 e. The summed E-state index contributed by atoms with van der Waals surface area (Å²) in [6.45, 7) is 3.38. The van der Waals surface area contributed by atoms with E-state index >= 15 is 0 Å². The third-order valence-corrected chi connectivity index (χ3v) is 4.64. The lowest BCUT2D eigenvalue weighted by molar-refractivity contribution is -0.121. The Balaban J connectivity index is 0.00000264. The molecule has 1 aromatic carbocycles. The maximum absolute atomic E-state index is 13.1. The van der Waals surface area contributed by atoms with Gasteiger partial charge in [0.1, 0.15) is 17.7 Å². The van der Waals surface area contributed by atoms with Gasteiger partial charge in [-0.15, -0.1) is 12.4 Å². The van der Waals surface area contributed by atoms with Gasteiger partial charge in [0.15, 0.2) is 0 Å². The number of benzene rings is 1. The lowest BCUT2D eigenvalue weighted by atomic mass is 10.2. The first kappa shape index (κ1) is 20.1. The minimum absolute atomic E-state index is 0. The number of halogens is 2. The van der Waals surface area contributed by atoms with E-state index in [0.29, 0.717) is 18.7 Å². The molecular weight excluding hydrogens is 339 g/mol. The van der Waals surface area contributed by atoms with Crippen molar-refractivity contribution in [2.24, 2.45) is 0 Å². The van der Waals surface area contributed by atoms with E-state index in [1.807, 2.05) is 18.7 Å². The van der Waals surface area contributed by atoms with Gasteiger partial charge in [0.25, 0.3) is 0 Å². The molecule has 1 aromatic rings. The average Bonchev–Trinajstić information content (AvgIpc) is 2.52. The molecule has 7 heteroatoms. The quantitative estimate of drug-likeness (QED) is 0.783. The third-order valence-electron chi connectivity index (χ3n) is 3.51. The van der Waals surface area contributed by atoms with Crippen LogP contribution in [0.3, 0.4) is 0 Å². The number of hydrogen-bond acceptors (Lipinski definition) is 4. The highest BCUT2D eigenvalue weighted by Crippen LogP contribution is 2.15. The van der Waals surface area contributed by atoms with Gasteiger partial charge < -0.3 is 15.4 Å². The van der Waals surface area contributed by atoms with E-state index in [4.69, 9.17) is 4.74 Å². The Bertz CT molecular complexity index is 487. The van der Waals surface area contributed by atoms with Gasteiger partial charge in [-0.3, -0.25) is 4.79 Å². The molecule has 130 valence electrons. The molecule has 0 aromatic heterocycles. The normalized spacial score (nSPS) is 18.6. The van der Waals surface area contributed by atoms with Crippen molar-refractivity contribution in [1.82, 2.24) is 10.6 Å².